The molecule has 0 atom stereocenters. The molecule has 0 saturated carbocycles. The van der Waals surface area contributed by atoms with Gasteiger partial charge in [0, 0.05) is 26.2 Å². The molecule has 0 fully saturated rings. The first kappa shape index (κ1) is 18.3. The van der Waals surface area contributed by atoms with Gasteiger partial charge in [-0.15, -0.1) is 0 Å². The van der Waals surface area contributed by atoms with Gasteiger partial charge in [-0.1, -0.05) is 6.07 Å². The Bertz CT molecular complexity index is 608. The third-order valence-electron chi connectivity index (χ3n) is 3.86. The minimum absolute atomic E-state index is 0.351. The van der Waals surface area contributed by atoms with E-state index in [1.807, 2.05) is 26.8 Å². The number of amides is 1. The van der Waals surface area contributed by atoms with E-state index in [0.717, 1.165) is 38.0 Å². The summed E-state index contributed by atoms with van der Waals surface area (Å²) in [5.41, 5.74) is 2.18. The van der Waals surface area contributed by atoms with Crippen molar-refractivity contribution in [3.63, 3.8) is 0 Å². The predicted octanol–water partition coefficient (Wildman–Crippen LogP) is 2.66. The Morgan fingerprint density at radius 1 is 1.29 bits per heavy atom. The Labute approximate surface area is 142 Å². The number of carboxylic acid groups (broad SMARTS) is 1. The van der Waals surface area contributed by atoms with Gasteiger partial charge in [0.05, 0.1) is 5.56 Å². The molecular weight excluding hydrogens is 308 g/mol. The van der Waals surface area contributed by atoms with Crippen LogP contribution in [0, 0.1) is 0 Å². The number of alkyl carbamates (subject to hydrolysis) is 1. The summed E-state index contributed by atoms with van der Waals surface area (Å²) in [4.78, 5) is 24.9. The first-order chi connectivity index (χ1) is 11.2. The Hall–Kier alpha value is -2.08. The van der Waals surface area contributed by atoms with Crippen molar-refractivity contribution in [1.82, 2.24) is 10.2 Å². The van der Waals surface area contributed by atoms with Crippen molar-refractivity contribution in [3.05, 3.63) is 34.9 Å². The lowest BCUT2D eigenvalue weighted by Crippen LogP contribution is -2.36. The second kappa shape index (κ2) is 7.66. The van der Waals surface area contributed by atoms with Crippen LogP contribution < -0.4 is 5.32 Å². The first-order valence-electron chi connectivity index (χ1n) is 8.29. The molecule has 132 valence electrons. The SMILES string of the molecule is CC(C)(C)OC(=O)NCCCN1CCc2cc(C(=O)O)ccc2C1. The minimum Gasteiger partial charge on any atom is -0.478 e. The molecule has 1 aliphatic rings. The van der Waals surface area contributed by atoms with Gasteiger partial charge < -0.3 is 15.2 Å². The molecule has 0 bridgehead atoms. The summed E-state index contributed by atoms with van der Waals surface area (Å²) in [5, 5.41) is 11.8. The van der Waals surface area contributed by atoms with E-state index in [4.69, 9.17) is 9.84 Å². The number of carbonyl (C=O) groups excluding carboxylic acids is 1. The summed E-state index contributed by atoms with van der Waals surface area (Å²) < 4.78 is 5.20. The minimum atomic E-state index is -0.881. The molecule has 0 spiro atoms. The van der Waals surface area contributed by atoms with Gasteiger partial charge in [-0.3, -0.25) is 4.90 Å². The zero-order chi connectivity index (χ0) is 17.7. The predicted molar refractivity (Wildman–Crippen MR) is 91.2 cm³/mol. The van der Waals surface area contributed by atoms with Crippen molar-refractivity contribution < 1.29 is 19.4 Å². The third kappa shape index (κ3) is 5.53. The van der Waals surface area contributed by atoms with E-state index in [0.29, 0.717) is 12.1 Å². The van der Waals surface area contributed by atoms with Gasteiger partial charge in [0.2, 0.25) is 0 Å². The molecule has 1 aromatic carbocycles. The van der Waals surface area contributed by atoms with Crippen molar-refractivity contribution in [1.29, 1.82) is 0 Å². The summed E-state index contributed by atoms with van der Waals surface area (Å²) in [7, 11) is 0. The van der Waals surface area contributed by atoms with Gasteiger partial charge in [0.1, 0.15) is 5.60 Å². The summed E-state index contributed by atoms with van der Waals surface area (Å²) >= 11 is 0. The maximum atomic E-state index is 11.6. The van der Waals surface area contributed by atoms with Gasteiger partial charge in [0.25, 0.3) is 0 Å². The summed E-state index contributed by atoms with van der Waals surface area (Å²) in [6, 6.07) is 5.34. The van der Waals surface area contributed by atoms with E-state index < -0.39 is 11.6 Å². The molecule has 2 N–H and O–H groups in total. The number of hydrogen-bond donors (Lipinski definition) is 2. The highest BCUT2D eigenvalue weighted by Crippen LogP contribution is 2.20. The van der Waals surface area contributed by atoms with Crippen LogP contribution in [0.15, 0.2) is 18.2 Å². The van der Waals surface area contributed by atoms with Crippen molar-refractivity contribution >= 4 is 12.1 Å². The molecule has 0 aliphatic carbocycles. The highest BCUT2D eigenvalue weighted by Gasteiger charge is 2.18. The van der Waals surface area contributed by atoms with Crippen LogP contribution in [0.5, 0.6) is 0 Å². The highest BCUT2D eigenvalue weighted by molar-refractivity contribution is 5.87. The van der Waals surface area contributed by atoms with Gasteiger partial charge in [-0.05, 0) is 56.9 Å². The quantitative estimate of drug-likeness (QED) is 0.809. The molecule has 0 unspecified atom stereocenters. The molecule has 24 heavy (non-hydrogen) atoms. The second-order valence-electron chi connectivity index (χ2n) is 7.10. The summed E-state index contributed by atoms with van der Waals surface area (Å²) in [6.07, 6.45) is 1.32. The number of nitrogens with one attached hydrogen (secondary N) is 1. The lowest BCUT2D eigenvalue weighted by molar-refractivity contribution is 0.0524. The number of ether oxygens (including phenoxy) is 1. The lowest BCUT2D eigenvalue weighted by Gasteiger charge is -2.29. The van der Waals surface area contributed by atoms with Crippen LogP contribution in [0.2, 0.25) is 0 Å². The zero-order valence-electron chi connectivity index (χ0n) is 14.6. The maximum Gasteiger partial charge on any atom is 0.407 e. The number of benzene rings is 1. The number of fused-ring (bicyclic) bond motifs is 1. The topological polar surface area (TPSA) is 78.9 Å². The summed E-state index contributed by atoms with van der Waals surface area (Å²) in [5.74, 6) is -0.881. The Morgan fingerprint density at radius 2 is 2.04 bits per heavy atom. The van der Waals surface area contributed by atoms with E-state index in [1.165, 1.54) is 5.56 Å². The Morgan fingerprint density at radius 3 is 2.71 bits per heavy atom. The summed E-state index contributed by atoms with van der Waals surface area (Å²) in [6.45, 7) is 8.71. The van der Waals surface area contributed by atoms with Crippen LogP contribution in [-0.4, -0.2) is 47.3 Å². The third-order valence-corrected chi connectivity index (χ3v) is 3.86. The molecular formula is C18H26N2O4. The van der Waals surface area contributed by atoms with Crippen LogP contribution in [0.1, 0.15) is 48.7 Å². The number of rotatable bonds is 5. The maximum absolute atomic E-state index is 11.6. The van der Waals surface area contributed by atoms with Crippen LogP contribution in [0.4, 0.5) is 4.79 Å². The van der Waals surface area contributed by atoms with Crippen LogP contribution in [0.3, 0.4) is 0 Å². The average molecular weight is 334 g/mol. The smallest absolute Gasteiger partial charge is 0.407 e. The van der Waals surface area contributed by atoms with E-state index in [9.17, 15) is 9.59 Å². The molecule has 0 radical (unpaired) electrons. The fourth-order valence-electron chi connectivity index (χ4n) is 2.74. The number of carbonyl (C=O) groups is 2. The molecule has 1 aromatic rings. The van der Waals surface area contributed by atoms with Gasteiger partial charge in [-0.25, -0.2) is 9.59 Å². The Kier molecular flexibility index (Phi) is 5.83. The van der Waals surface area contributed by atoms with Gasteiger partial charge >= 0.3 is 12.1 Å². The molecule has 0 saturated heterocycles. The molecule has 1 amide bonds. The van der Waals surface area contributed by atoms with Crippen molar-refractivity contribution in [3.8, 4) is 0 Å². The molecule has 2 rings (SSSR count). The number of hydrogen-bond acceptors (Lipinski definition) is 4. The van der Waals surface area contributed by atoms with Crippen LogP contribution in [-0.2, 0) is 17.7 Å². The molecule has 6 nitrogen and oxygen atoms in total. The Balaban J connectivity index is 1.74. The fraction of sp³-hybridized carbons (Fsp3) is 0.556. The number of aromatic carboxylic acids is 1. The van der Waals surface area contributed by atoms with Crippen LogP contribution >= 0.6 is 0 Å². The normalized spacial score (nSPS) is 14.8. The number of nitrogens with zero attached hydrogens (tertiary/aromatic N) is 1. The van der Waals surface area contributed by atoms with Crippen molar-refractivity contribution in [2.75, 3.05) is 19.6 Å². The van der Waals surface area contributed by atoms with E-state index in [-0.39, 0.29) is 6.09 Å². The second-order valence-corrected chi connectivity index (χ2v) is 7.10. The van der Waals surface area contributed by atoms with Crippen molar-refractivity contribution in [2.45, 2.75) is 45.8 Å². The lowest BCUT2D eigenvalue weighted by atomic mass is 9.97. The first-order valence-corrected chi connectivity index (χ1v) is 8.29. The fourth-order valence-corrected chi connectivity index (χ4v) is 2.74. The monoisotopic (exact) mass is 334 g/mol. The van der Waals surface area contributed by atoms with Crippen LogP contribution in [0.25, 0.3) is 0 Å². The van der Waals surface area contributed by atoms with Gasteiger partial charge in [-0.2, -0.15) is 0 Å². The van der Waals surface area contributed by atoms with E-state index >= 15 is 0 Å². The zero-order valence-corrected chi connectivity index (χ0v) is 14.6. The standard InChI is InChI=1S/C18H26N2O4/c1-18(2,3)24-17(23)19-8-4-9-20-10-7-13-11-14(16(21)22)5-6-15(13)12-20/h5-6,11H,4,7-10,12H2,1-3H3,(H,19,23)(H,21,22). The van der Waals surface area contributed by atoms with Crippen molar-refractivity contribution in [2.24, 2.45) is 0 Å². The largest absolute Gasteiger partial charge is 0.478 e. The van der Waals surface area contributed by atoms with Gasteiger partial charge in [0.15, 0.2) is 0 Å². The van der Waals surface area contributed by atoms with E-state index in [1.54, 1.807) is 12.1 Å². The number of carboxylic acids is 1. The molecule has 1 aliphatic heterocycles. The highest BCUT2D eigenvalue weighted by atomic mass is 16.6. The molecule has 1 heterocycles. The van der Waals surface area contributed by atoms with E-state index in [2.05, 4.69) is 10.2 Å². The molecule has 0 aromatic heterocycles. The molecule has 6 heteroatoms. The average Bonchev–Trinajstić information content (AvgIpc) is 2.49.